The average Bonchev–Trinajstić information content (AvgIpc) is 3.07. The molecule has 1 amide bonds. The van der Waals surface area contributed by atoms with E-state index in [2.05, 4.69) is 5.32 Å². The third-order valence-corrected chi connectivity index (χ3v) is 9.41. The topological polar surface area (TPSA) is 83.1 Å². The number of hydrogen-bond donors (Lipinski definition) is 1. The largest absolute Gasteiger partial charge is 0.491 e. The lowest BCUT2D eigenvalue weighted by Gasteiger charge is -2.38. The molecular formula is C35H46F9NO6. The molecule has 0 aliphatic heterocycles. The lowest BCUT2D eigenvalue weighted by Crippen LogP contribution is -2.61. The number of halogens is 9. The van der Waals surface area contributed by atoms with Gasteiger partial charge in [-0.05, 0) is 68.7 Å². The number of rotatable bonds is 17. The fraction of sp³-hybridized carbons (Fsp3) is 0.714. The van der Waals surface area contributed by atoms with Crippen molar-refractivity contribution in [2.45, 2.75) is 133 Å². The Morgan fingerprint density at radius 1 is 0.824 bits per heavy atom. The number of ether oxygens (including phenoxy) is 4. The molecule has 2 aliphatic rings. The van der Waals surface area contributed by atoms with E-state index in [9.17, 15) is 49.1 Å². The maximum Gasteiger partial charge on any atom is 0.460 e. The van der Waals surface area contributed by atoms with E-state index in [0.29, 0.717) is 49.8 Å². The molecule has 51 heavy (non-hydrogen) atoms. The third-order valence-electron chi connectivity index (χ3n) is 9.41. The number of alkyl halides is 9. The molecule has 7 nitrogen and oxygen atoms in total. The minimum Gasteiger partial charge on any atom is -0.491 e. The minimum absolute atomic E-state index is 0.0163. The number of benzene rings is 1. The summed E-state index contributed by atoms with van der Waals surface area (Å²) in [5, 5.41) is 3.08. The van der Waals surface area contributed by atoms with Crippen LogP contribution in [0.2, 0.25) is 0 Å². The normalized spacial score (nSPS) is 20.6. The molecule has 2 fully saturated rings. The van der Waals surface area contributed by atoms with Gasteiger partial charge in [-0.3, -0.25) is 4.79 Å². The Bertz CT molecular complexity index is 1300. The van der Waals surface area contributed by atoms with Crippen molar-refractivity contribution in [2.24, 2.45) is 5.41 Å². The van der Waals surface area contributed by atoms with E-state index in [0.717, 1.165) is 12.8 Å². The first-order valence-corrected chi connectivity index (χ1v) is 17.1. The molecule has 2 saturated carbocycles. The van der Waals surface area contributed by atoms with Crippen LogP contribution in [0.4, 0.5) is 39.5 Å². The SMILES string of the molecule is CCC(C)(C)C(=O)N[C@H]1CC[C@H](OC(=O)/C=C/c2ccc(OCCOC3(OCCC(F)(F)C(F)(F)C(F)(F)C(F)(F)F)CCCCC3)cc2)CC1. The van der Waals surface area contributed by atoms with Gasteiger partial charge in [-0.25, -0.2) is 4.79 Å². The summed E-state index contributed by atoms with van der Waals surface area (Å²) in [6.45, 7) is 4.32. The van der Waals surface area contributed by atoms with Gasteiger partial charge in [-0.2, -0.15) is 39.5 Å². The lowest BCUT2D eigenvalue weighted by molar-refractivity contribution is -0.398. The predicted octanol–water partition coefficient (Wildman–Crippen LogP) is 9.04. The second kappa shape index (κ2) is 17.2. The summed E-state index contributed by atoms with van der Waals surface area (Å²) in [6, 6.07) is 6.64. The summed E-state index contributed by atoms with van der Waals surface area (Å²) in [5.74, 6) is -21.0. The van der Waals surface area contributed by atoms with Gasteiger partial charge in [0.2, 0.25) is 5.91 Å². The Morgan fingerprint density at radius 2 is 1.41 bits per heavy atom. The Labute approximate surface area is 291 Å². The smallest absolute Gasteiger partial charge is 0.460 e. The van der Waals surface area contributed by atoms with E-state index in [1.807, 2.05) is 20.8 Å². The molecule has 0 bridgehead atoms. The van der Waals surface area contributed by atoms with Crippen LogP contribution in [-0.2, 0) is 23.8 Å². The molecule has 1 aromatic carbocycles. The van der Waals surface area contributed by atoms with E-state index in [4.69, 9.17) is 18.9 Å². The predicted molar refractivity (Wildman–Crippen MR) is 169 cm³/mol. The molecule has 0 atom stereocenters. The summed E-state index contributed by atoms with van der Waals surface area (Å²) in [6.07, 6.45) is -0.813. The molecule has 0 aromatic heterocycles. The zero-order valence-electron chi connectivity index (χ0n) is 28.9. The first kappa shape index (κ1) is 42.4. The maximum absolute atomic E-state index is 14.0. The van der Waals surface area contributed by atoms with Crippen molar-refractivity contribution in [1.82, 2.24) is 5.32 Å². The van der Waals surface area contributed by atoms with Gasteiger partial charge < -0.3 is 24.3 Å². The van der Waals surface area contributed by atoms with Crippen molar-refractivity contribution in [2.75, 3.05) is 19.8 Å². The summed E-state index contributed by atoms with van der Waals surface area (Å²) in [4.78, 5) is 24.8. The first-order chi connectivity index (χ1) is 23.6. The van der Waals surface area contributed by atoms with Crippen LogP contribution in [0.1, 0.15) is 97.0 Å². The van der Waals surface area contributed by atoms with E-state index in [1.165, 1.54) is 6.08 Å². The zero-order chi connectivity index (χ0) is 38.1. The Kier molecular flexibility index (Phi) is 14.3. The highest BCUT2D eigenvalue weighted by molar-refractivity contribution is 5.87. The zero-order valence-corrected chi connectivity index (χ0v) is 28.9. The van der Waals surface area contributed by atoms with Crippen LogP contribution in [0, 0.1) is 5.41 Å². The maximum atomic E-state index is 14.0. The number of carbonyl (C=O) groups excluding carboxylic acids is 2. The Balaban J connectivity index is 1.42. The van der Waals surface area contributed by atoms with Crippen LogP contribution in [-0.4, -0.2) is 73.6 Å². The monoisotopic (exact) mass is 747 g/mol. The Morgan fingerprint density at radius 3 is 1.98 bits per heavy atom. The van der Waals surface area contributed by atoms with Crippen LogP contribution in [0.15, 0.2) is 30.3 Å². The van der Waals surface area contributed by atoms with E-state index < -0.39 is 54.1 Å². The molecule has 3 rings (SSSR count). The van der Waals surface area contributed by atoms with Gasteiger partial charge in [-0.15, -0.1) is 0 Å². The van der Waals surface area contributed by atoms with E-state index in [1.54, 1.807) is 30.3 Å². The number of hydrogen-bond acceptors (Lipinski definition) is 6. The average molecular weight is 748 g/mol. The molecule has 290 valence electrons. The summed E-state index contributed by atoms with van der Waals surface area (Å²) in [5.41, 5.74) is 0.234. The molecule has 1 N–H and O–H groups in total. The van der Waals surface area contributed by atoms with Crippen LogP contribution in [0.5, 0.6) is 5.75 Å². The molecule has 0 radical (unpaired) electrons. The molecule has 0 saturated heterocycles. The van der Waals surface area contributed by atoms with Crippen LogP contribution >= 0.6 is 0 Å². The van der Waals surface area contributed by atoms with Crippen molar-refractivity contribution in [3.8, 4) is 5.75 Å². The first-order valence-electron chi connectivity index (χ1n) is 17.1. The highest BCUT2D eigenvalue weighted by Crippen LogP contribution is 2.54. The summed E-state index contributed by atoms with van der Waals surface area (Å²) < 4.78 is 141. The molecule has 0 unspecified atom stereocenters. The molecular weight excluding hydrogens is 701 g/mol. The quantitative estimate of drug-likeness (QED) is 0.0564. The summed E-state index contributed by atoms with van der Waals surface area (Å²) in [7, 11) is 0. The molecule has 0 spiro atoms. The van der Waals surface area contributed by atoms with Crippen LogP contribution in [0.25, 0.3) is 6.08 Å². The van der Waals surface area contributed by atoms with Crippen molar-refractivity contribution in [3.05, 3.63) is 35.9 Å². The molecule has 0 heterocycles. The van der Waals surface area contributed by atoms with Crippen molar-refractivity contribution in [3.63, 3.8) is 0 Å². The van der Waals surface area contributed by atoms with Crippen molar-refractivity contribution in [1.29, 1.82) is 0 Å². The van der Waals surface area contributed by atoms with Crippen molar-refractivity contribution >= 4 is 18.0 Å². The number of esters is 1. The van der Waals surface area contributed by atoms with Gasteiger partial charge in [0.15, 0.2) is 5.79 Å². The van der Waals surface area contributed by atoms with Crippen molar-refractivity contribution < 1.29 is 68.1 Å². The van der Waals surface area contributed by atoms with Gasteiger partial charge >= 0.3 is 29.9 Å². The molecule has 16 heteroatoms. The fourth-order valence-electron chi connectivity index (χ4n) is 5.65. The second-order valence-corrected chi connectivity index (χ2v) is 13.6. The van der Waals surface area contributed by atoms with Gasteiger partial charge in [0.05, 0.1) is 13.2 Å². The van der Waals surface area contributed by atoms with E-state index >= 15 is 0 Å². The van der Waals surface area contributed by atoms with Gasteiger partial charge in [0, 0.05) is 36.8 Å². The minimum atomic E-state index is -6.95. The third kappa shape index (κ3) is 11.2. The Hall–Kier alpha value is -3.01. The number of amides is 1. The lowest BCUT2D eigenvalue weighted by atomic mass is 9.87. The molecule has 2 aliphatic carbocycles. The number of nitrogens with one attached hydrogen (secondary N) is 1. The standard InChI is InChI=1S/C35H46F9NO6/c1-4-30(2,3)29(47)45-25-11-15-27(16-12-25)51-28(46)17-10-24-8-13-26(14-9-24)48-22-23-50-31(18-6-5-7-19-31)49-21-20-32(36,37)33(38,39)34(40,41)35(42,43)44/h8-10,13-14,17,25,27H,4-7,11-12,15-16,18-23H2,1-3H3,(H,45,47)/b17-10+/t25-,27-. The number of carbonyl (C=O) groups is 2. The highest BCUT2D eigenvalue weighted by Gasteiger charge is 2.81. The van der Waals surface area contributed by atoms with E-state index in [-0.39, 0.29) is 44.1 Å². The highest BCUT2D eigenvalue weighted by atomic mass is 19.4. The van der Waals surface area contributed by atoms with Gasteiger partial charge in [0.25, 0.3) is 0 Å². The fourth-order valence-corrected chi connectivity index (χ4v) is 5.65. The van der Waals surface area contributed by atoms with Crippen LogP contribution < -0.4 is 10.1 Å². The van der Waals surface area contributed by atoms with Crippen LogP contribution in [0.3, 0.4) is 0 Å². The van der Waals surface area contributed by atoms with Gasteiger partial charge in [0.1, 0.15) is 18.5 Å². The second-order valence-electron chi connectivity index (χ2n) is 13.6. The summed E-state index contributed by atoms with van der Waals surface area (Å²) >= 11 is 0. The van der Waals surface area contributed by atoms with Gasteiger partial charge in [-0.1, -0.05) is 39.3 Å². The molecule has 1 aromatic rings.